The van der Waals surface area contributed by atoms with Gasteiger partial charge in [0.1, 0.15) is 10.7 Å². The lowest BCUT2D eigenvalue weighted by Crippen LogP contribution is -2.38. The summed E-state index contributed by atoms with van der Waals surface area (Å²) in [6.45, 7) is 12.1. The van der Waals surface area contributed by atoms with Crippen molar-refractivity contribution in [1.29, 1.82) is 0 Å². The van der Waals surface area contributed by atoms with Crippen LogP contribution in [0.25, 0.3) is 0 Å². The number of carbonyl (C=O) groups is 1. The summed E-state index contributed by atoms with van der Waals surface area (Å²) in [6, 6.07) is 0.168. The van der Waals surface area contributed by atoms with Crippen LogP contribution in [0.1, 0.15) is 44.3 Å². The Morgan fingerprint density at radius 2 is 1.85 bits per heavy atom. The van der Waals surface area contributed by atoms with E-state index in [-0.39, 0.29) is 11.9 Å². The van der Waals surface area contributed by atoms with Gasteiger partial charge in [-0.2, -0.15) is 0 Å². The maximum absolute atomic E-state index is 12.5. The molecule has 20 heavy (non-hydrogen) atoms. The van der Waals surface area contributed by atoms with Gasteiger partial charge >= 0.3 is 0 Å². The number of hydrogen-bond acceptors (Lipinski definition) is 5. The molecule has 0 saturated heterocycles. The Morgan fingerprint density at radius 3 is 2.30 bits per heavy atom. The number of hydrogen-bond donors (Lipinski definition) is 1. The van der Waals surface area contributed by atoms with Gasteiger partial charge in [0.25, 0.3) is 5.91 Å². The summed E-state index contributed by atoms with van der Waals surface area (Å²) in [4.78, 5) is 21.3. The molecule has 0 aliphatic carbocycles. The number of rotatable bonds is 6. The number of anilines is 2. The van der Waals surface area contributed by atoms with Crippen molar-refractivity contribution in [2.45, 2.75) is 40.7 Å². The molecule has 1 heterocycles. The molecule has 0 spiro atoms. The van der Waals surface area contributed by atoms with Gasteiger partial charge in [0, 0.05) is 26.2 Å². The second kappa shape index (κ2) is 6.92. The number of carbonyl (C=O) groups excluding carboxylic acids is 1. The molecule has 0 radical (unpaired) electrons. The van der Waals surface area contributed by atoms with Crippen LogP contribution < -0.4 is 10.6 Å². The van der Waals surface area contributed by atoms with Crippen molar-refractivity contribution in [3.8, 4) is 0 Å². The molecule has 114 valence electrons. The minimum absolute atomic E-state index is 0.0420. The highest BCUT2D eigenvalue weighted by Crippen LogP contribution is 2.29. The molecule has 1 aromatic rings. The van der Waals surface area contributed by atoms with Gasteiger partial charge in [-0.15, -0.1) is 0 Å². The molecule has 2 N–H and O–H groups in total. The molecule has 0 bridgehead atoms. The fraction of sp³-hybridized carbons (Fsp3) is 0.714. The first-order valence-corrected chi connectivity index (χ1v) is 7.93. The smallest absolute Gasteiger partial charge is 0.267 e. The number of nitrogens with two attached hydrogens (primary N) is 1. The topological polar surface area (TPSA) is 62.5 Å². The minimum atomic E-state index is -0.0420. The number of aromatic nitrogens is 1. The average molecular weight is 298 g/mol. The Hall–Kier alpha value is -1.30. The Bertz CT molecular complexity index is 454. The maximum atomic E-state index is 12.5. The van der Waals surface area contributed by atoms with Crippen molar-refractivity contribution in [2.24, 2.45) is 5.92 Å². The molecule has 1 unspecified atom stereocenters. The van der Waals surface area contributed by atoms with Crippen LogP contribution in [-0.4, -0.2) is 42.0 Å². The zero-order valence-corrected chi connectivity index (χ0v) is 14.1. The summed E-state index contributed by atoms with van der Waals surface area (Å²) in [6.07, 6.45) is 0. The van der Waals surface area contributed by atoms with E-state index in [1.54, 1.807) is 4.90 Å². The summed E-state index contributed by atoms with van der Waals surface area (Å²) >= 11 is 1.38. The van der Waals surface area contributed by atoms with Gasteiger partial charge in [-0.05, 0) is 26.7 Å². The van der Waals surface area contributed by atoms with E-state index >= 15 is 0 Å². The Kier molecular flexibility index (Phi) is 5.80. The van der Waals surface area contributed by atoms with Crippen molar-refractivity contribution in [2.75, 3.05) is 30.8 Å². The van der Waals surface area contributed by atoms with Crippen LogP contribution in [0.15, 0.2) is 0 Å². The van der Waals surface area contributed by atoms with E-state index in [9.17, 15) is 4.79 Å². The fourth-order valence-electron chi connectivity index (χ4n) is 1.90. The van der Waals surface area contributed by atoms with Crippen LogP contribution in [0.3, 0.4) is 0 Å². The first-order chi connectivity index (χ1) is 9.33. The van der Waals surface area contributed by atoms with E-state index in [0.717, 1.165) is 18.2 Å². The molecule has 0 aliphatic heterocycles. The molecular formula is C14H26N4OS. The lowest BCUT2D eigenvalue weighted by atomic mass is 10.1. The Morgan fingerprint density at radius 1 is 1.30 bits per heavy atom. The lowest BCUT2D eigenvalue weighted by Gasteiger charge is -2.27. The molecule has 5 nitrogen and oxygen atoms in total. The summed E-state index contributed by atoms with van der Waals surface area (Å²) < 4.78 is 0. The number of nitrogen functional groups attached to an aromatic ring is 1. The Balaban J connectivity index is 2.99. The maximum Gasteiger partial charge on any atom is 0.267 e. The fourth-order valence-corrected chi connectivity index (χ4v) is 2.99. The van der Waals surface area contributed by atoms with Gasteiger partial charge < -0.3 is 15.5 Å². The van der Waals surface area contributed by atoms with E-state index in [2.05, 4.69) is 37.6 Å². The average Bonchev–Trinajstić information content (AvgIpc) is 2.79. The largest absolute Gasteiger partial charge is 0.382 e. The SMILES string of the molecule is CCN(CC)c1nc(N)c(C(=O)N(C)C(C)C(C)C)s1. The second-order valence-electron chi connectivity index (χ2n) is 5.28. The lowest BCUT2D eigenvalue weighted by molar-refractivity contribution is 0.0713. The number of nitrogens with zero attached hydrogens (tertiary/aromatic N) is 3. The van der Waals surface area contributed by atoms with E-state index in [0.29, 0.717) is 16.6 Å². The van der Waals surface area contributed by atoms with Crippen LogP contribution in [0.5, 0.6) is 0 Å². The van der Waals surface area contributed by atoms with Crippen molar-refractivity contribution in [3.05, 3.63) is 4.88 Å². The zero-order chi connectivity index (χ0) is 15.4. The van der Waals surface area contributed by atoms with Gasteiger partial charge in [0.05, 0.1) is 0 Å². The molecule has 0 aliphatic rings. The molecule has 1 amide bonds. The van der Waals surface area contributed by atoms with Gasteiger partial charge in [0.2, 0.25) is 0 Å². The van der Waals surface area contributed by atoms with Gasteiger partial charge in [0.15, 0.2) is 5.13 Å². The van der Waals surface area contributed by atoms with E-state index in [1.807, 2.05) is 14.0 Å². The monoisotopic (exact) mass is 298 g/mol. The Labute approximate surface area is 125 Å². The van der Waals surface area contributed by atoms with Crippen LogP contribution in [0.4, 0.5) is 10.9 Å². The second-order valence-corrected chi connectivity index (χ2v) is 6.26. The standard InChI is InChI=1S/C14H26N4OS/c1-7-18(8-2)14-16-12(15)11(20-14)13(19)17(6)10(5)9(3)4/h9-10H,7-8,15H2,1-6H3. The minimum Gasteiger partial charge on any atom is -0.382 e. The molecule has 0 saturated carbocycles. The van der Waals surface area contributed by atoms with E-state index in [4.69, 9.17) is 5.73 Å². The summed E-state index contributed by atoms with van der Waals surface area (Å²) in [5, 5.41) is 0.821. The summed E-state index contributed by atoms with van der Waals surface area (Å²) in [5.41, 5.74) is 5.93. The van der Waals surface area contributed by atoms with Crippen LogP contribution in [-0.2, 0) is 0 Å². The van der Waals surface area contributed by atoms with Crippen molar-refractivity contribution >= 4 is 28.2 Å². The number of amides is 1. The highest BCUT2D eigenvalue weighted by molar-refractivity contribution is 7.18. The van der Waals surface area contributed by atoms with Crippen LogP contribution in [0, 0.1) is 5.92 Å². The van der Waals surface area contributed by atoms with Gasteiger partial charge in [-0.25, -0.2) is 4.98 Å². The first-order valence-electron chi connectivity index (χ1n) is 7.11. The van der Waals surface area contributed by atoms with Gasteiger partial charge in [-0.1, -0.05) is 25.2 Å². The normalized spacial score (nSPS) is 12.6. The quantitative estimate of drug-likeness (QED) is 0.877. The van der Waals surface area contributed by atoms with Crippen LogP contribution in [0.2, 0.25) is 0 Å². The molecule has 1 atom stereocenters. The third-order valence-electron chi connectivity index (χ3n) is 3.77. The van der Waals surface area contributed by atoms with Crippen LogP contribution >= 0.6 is 11.3 Å². The zero-order valence-electron chi connectivity index (χ0n) is 13.3. The molecule has 0 fully saturated rings. The van der Waals surface area contributed by atoms with E-state index < -0.39 is 0 Å². The predicted molar refractivity (Wildman–Crippen MR) is 86.5 cm³/mol. The molecule has 0 aromatic carbocycles. The highest BCUT2D eigenvalue weighted by Gasteiger charge is 2.25. The number of thiazole rings is 1. The third kappa shape index (κ3) is 3.42. The first kappa shape index (κ1) is 16.8. The molecule has 6 heteroatoms. The predicted octanol–water partition coefficient (Wildman–Crippen LogP) is 2.69. The molecule has 1 aromatic heterocycles. The van der Waals surface area contributed by atoms with Gasteiger partial charge in [-0.3, -0.25) is 4.79 Å². The van der Waals surface area contributed by atoms with E-state index in [1.165, 1.54) is 11.3 Å². The summed E-state index contributed by atoms with van der Waals surface area (Å²) in [7, 11) is 1.82. The van der Waals surface area contributed by atoms with Crippen molar-refractivity contribution in [3.63, 3.8) is 0 Å². The molecular weight excluding hydrogens is 272 g/mol. The van der Waals surface area contributed by atoms with Crippen molar-refractivity contribution < 1.29 is 4.79 Å². The molecule has 1 rings (SSSR count). The summed E-state index contributed by atoms with van der Waals surface area (Å²) in [5.74, 6) is 0.699. The third-order valence-corrected chi connectivity index (χ3v) is 4.89. The highest BCUT2D eigenvalue weighted by atomic mass is 32.1. The van der Waals surface area contributed by atoms with Crippen molar-refractivity contribution in [1.82, 2.24) is 9.88 Å².